The molecule has 0 aliphatic rings. The van der Waals surface area contributed by atoms with Crippen LogP contribution in [0.4, 0.5) is 14.9 Å². The zero-order valence-corrected chi connectivity index (χ0v) is 11.9. The van der Waals surface area contributed by atoms with Gasteiger partial charge >= 0.3 is 6.03 Å². The number of ether oxygens (including phenoxy) is 1. The molecule has 1 rings (SSSR count). The van der Waals surface area contributed by atoms with Crippen molar-refractivity contribution in [1.29, 1.82) is 0 Å². The average Bonchev–Trinajstić information content (AvgIpc) is 2.46. The molecule has 0 saturated carbocycles. The lowest BCUT2D eigenvalue weighted by molar-refractivity contribution is 0.188. The SMILES string of the molecule is C#CCOc1ccc(F)cc1NC(=O)N(CCC)CCO. The summed E-state index contributed by atoms with van der Waals surface area (Å²) >= 11 is 0. The number of benzene rings is 1. The fourth-order valence-electron chi connectivity index (χ4n) is 1.74. The van der Waals surface area contributed by atoms with Crippen LogP contribution in [0.25, 0.3) is 0 Å². The molecule has 21 heavy (non-hydrogen) atoms. The summed E-state index contributed by atoms with van der Waals surface area (Å²) in [6.45, 7) is 2.49. The summed E-state index contributed by atoms with van der Waals surface area (Å²) in [6.07, 6.45) is 5.86. The fraction of sp³-hybridized carbons (Fsp3) is 0.400. The van der Waals surface area contributed by atoms with Crippen molar-refractivity contribution in [2.24, 2.45) is 0 Å². The first-order valence-corrected chi connectivity index (χ1v) is 6.65. The summed E-state index contributed by atoms with van der Waals surface area (Å²) in [5.41, 5.74) is 0.203. The summed E-state index contributed by atoms with van der Waals surface area (Å²) in [7, 11) is 0. The molecule has 1 aromatic rings. The first-order chi connectivity index (χ1) is 10.1. The number of urea groups is 1. The maximum Gasteiger partial charge on any atom is 0.322 e. The monoisotopic (exact) mass is 294 g/mol. The van der Waals surface area contributed by atoms with E-state index in [1.54, 1.807) is 0 Å². The molecular weight excluding hydrogens is 275 g/mol. The second-order valence-corrected chi connectivity index (χ2v) is 4.27. The number of rotatable bonds is 7. The third-order valence-electron chi connectivity index (χ3n) is 2.64. The van der Waals surface area contributed by atoms with Gasteiger partial charge in [-0.2, -0.15) is 0 Å². The van der Waals surface area contributed by atoms with Crippen molar-refractivity contribution in [3.63, 3.8) is 0 Å². The van der Waals surface area contributed by atoms with E-state index >= 15 is 0 Å². The maximum absolute atomic E-state index is 13.3. The van der Waals surface area contributed by atoms with E-state index in [-0.39, 0.29) is 25.4 Å². The molecule has 0 aliphatic carbocycles. The molecule has 5 nitrogen and oxygen atoms in total. The number of amides is 2. The highest BCUT2D eigenvalue weighted by Gasteiger charge is 2.15. The van der Waals surface area contributed by atoms with Gasteiger partial charge in [0.25, 0.3) is 0 Å². The molecule has 0 fully saturated rings. The van der Waals surface area contributed by atoms with Gasteiger partial charge in [0.05, 0.1) is 12.3 Å². The van der Waals surface area contributed by atoms with E-state index in [0.29, 0.717) is 12.3 Å². The number of hydrogen-bond acceptors (Lipinski definition) is 3. The van der Waals surface area contributed by atoms with E-state index < -0.39 is 11.8 Å². The third-order valence-corrected chi connectivity index (χ3v) is 2.64. The van der Waals surface area contributed by atoms with Crippen molar-refractivity contribution in [3.05, 3.63) is 24.0 Å². The highest BCUT2D eigenvalue weighted by atomic mass is 19.1. The molecular formula is C15H19FN2O3. The van der Waals surface area contributed by atoms with E-state index in [9.17, 15) is 9.18 Å². The van der Waals surface area contributed by atoms with Gasteiger partial charge in [0.1, 0.15) is 18.2 Å². The zero-order valence-electron chi connectivity index (χ0n) is 11.9. The van der Waals surface area contributed by atoms with Crippen LogP contribution in [0.3, 0.4) is 0 Å². The number of nitrogens with one attached hydrogen (secondary N) is 1. The summed E-state index contributed by atoms with van der Waals surface area (Å²) in [6, 6.07) is 3.35. The minimum absolute atomic E-state index is 0.0177. The normalized spacial score (nSPS) is 9.81. The highest BCUT2D eigenvalue weighted by Crippen LogP contribution is 2.25. The number of nitrogens with zero attached hydrogens (tertiary/aromatic N) is 1. The predicted molar refractivity (Wildman–Crippen MR) is 78.7 cm³/mol. The van der Waals surface area contributed by atoms with Crippen LogP contribution >= 0.6 is 0 Å². The second kappa shape index (κ2) is 8.82. The Kier molecular flexibility index (Phi) is 7.05. The van der Waals surface area contributed by atoms with Crippen molar-refractivity contribution < 1.29 is 19.0 Å². The van der Waals surface area contributed by atoms with E-state index in [4.69, 9.17) is 16.3 Å². The number of carbonyl (C=O) groups excluding carboxylic acids is 1. The van der Waals surface area contributed by atoms with Gasteiger partial charge < -0.3 is 20.1 Å². The molecule has 0 saturated heterocycles. The van der Waals surface area contributed by atoms with Gasteiger partial charge in [0.15, 0.2) is 0 Å². The Hall–Kier alpha value is -2.26. The van der Waals surface area contributed by atoms with Crippen LogP contribution in [-0.4, -0.2) is 42.3 Å². The van der Waals surface area contributed by atoms with Crippen molar-refractivity contribution in [1.82, 2.24) is 4.90 Å². The predicted octanol–water partition coefficient (Wildman–Crippen LogP) is 2.07. The van der Waals surface area contributed by atoms with Crippen molar-refractivity contribution in [3.8, 4) is 18.1 Å². The molecule has 2 N–H and O–H groups in total. The molecule has 6 heteroatoms. The van der Waals surface area contributed by atoms with E-state index in [1.165, 1.54) is 17.0 Å². The van der Waals surface area contributed by atoms with Gasteiger partial charge in [-0.15, -0.1) is 6.42 Å². The highest BCUT2D eigenvalue weighted by molar-refractivity contribution is 5.91. The van der Waals surface area contributed by atoms with Gasteiger partial charge in [-0.1, -0.05) is 12.8 Å². The first kappa shape index (κ1) is 16.8. The van der Waals surface area contributed by atoms with E-state index in [2.05, 4.69) is 11.2 Å². The molecule has 0 spiro atoms. The Balaban J connectivity index is 2.86. The summed E-state index contributed by atoms with van der Waals surface area (Å²) in [5.74, 6) is 2.10. The largest absolute Gasteiger partial charge is 0.479 e. The number of anilines is 1. The van der Waals surface area contributed by atoms with Crippen LogP contribution in [0.1, 0.15) is 13.3 Å². The fourth-order valence-corrected chi connectivity index (χ4v) is 1.74. The minimum atomic E-state index is -0.498. The van der Waals surface area contributed by atoms with Crippen molar-refractivity contribution in [2.75, 3.05) is 31.6 Å². The van der Waals surface area contributed by atoms with Crippen molar-refractivity contribution in [2.45, 2.75) is 13.3 Å². The summed E-state index contributed by atoms with van der Waals surface area (Å²) in [5, 5.41) is 11.5. The molecule has 0 aromatic heterocycles. The molecule has 0 heterocycles. The lowest BCUT2D eigenvalue weighted by Gasteiger charge is -2.22. The van der Waals surface area contributed by atoms with E-state index in [0.717, 1.165) is 12.5 Å². The Labute approximate surface area is 123 Å². The van der Waals surface area contributed by atoms with Crippen LogP contribution in [0, 0.1) is 18.2 Å². The molecule has 0 bridgehead atoms. The second-order valence-electron chi connectivity index (χ2n) is 4.27. The molecule has 0 atom stereocenters. The standard InChI is InChI=1S/C15H19FN2O3/c1-3-7-18(8-9-19)15(20)17-13-11-12(16)5-6-14(13)21-10-4-2/h2,5-6,11,19H,3,7-10H2,1H3,(H,17,20). The first-order valence-electron chi connectivity index (χ1n) is 6.65. The molecule has 0 unspecified atom stereocenters. The average molecular weight is 294 g/mol. The Morgan fingerprint density at radius 1 is 1.52 bits per heavy atom. The number of aliphatic hydroxyl groups is 1. The van der Waals surface area contributed by atoms with Crippen LogP contribution in [-0.2, 0) is 0 Å². The van der Waals surface area contributed by atoms with Crippen molar-refractivity contribution >= 4 is 11.7 Å². The molecule has 0 aliphatic heterocycles. The van der Waals surface area contributed by atoms with Gasteiger partial charge in [0.2, 0.25) is 0 Å². The molecule has 1 aromatic carbocycles. The number of halogens is 1. The van der Waals surface area contributed by atoms with Gasteiger partial charge in [-0.3, -0.25) is 0 Å². The lowest BCUT2D eigenvalue weighted by atomic mass is 10.3. The maximum atomic E-state index is 13.3. The number of terminal acetylenes is 1. The molecule has 2 amide bonds. The smallest absolute Gasteiger partial charge is 0.322 e. The number of aliphatic hydroxyl groups excluding tert-OH is 1. The number of hydrogen-bond donors (Lipinski definition) is 2. The third kappa shape index (κ3) is 5.32. The van der Waals surface area contributed by atoms with E-state index in [1.807, 2.05) is 6.92 Å². The van der Waals surface area contributed by atoms with Crippen LogP contribution in [0.5, 0.6) is 5.75 Å². The Bertz CT molecular complexity index is 508. The minimum Gasteiger partial charge on any atom is -0.479 e. The Morgan fingerprint density at radius 3 is 2.90 bits per heavy atom. The summed E-state index contributed by atoms with van der Waals surface area (Å²) < 4.78 is 18.6. The Morgan fingerprint density at radius 2 is 2.29 bits per heavy atom. The topological polar surface area (TPSA) is 61.8 Å². The zero-order chi connectivity index (χ0) is 15.7. The molecule has 0 radical (unpaired) electrons. The van der Waals surface area contributed by atoms with Gasteiger partial charge in [-0.25, -0.2) is 9.18 Å². The lowest BCUT2D eigenvalue weighted by Crippen LogP contribution is -2.37. The van der Waals surface area contributed by atoms with Crippen LogP contribution in [0.15, 0.2) is 18.2 Å². The van der Waals surface area contributed by atoms with Gasteiger partial charge in [0, 0.05) is 19.2 Å². The quantitative estimate of drug-likeness (QED) is 0.757. The van der Waals surface area contributed by atoms with Gasteiger partial charge in [-0.05, 0) is 18.6 Å². The number of carbonyl (C=O) groups is 1. The van der Waals surface area contributed by atoms with Crippen LogP contribution < -0.4 is 10.1 Å². The van der Waals surface area contributed by atoms with Crippen LogP contribution in [0.2, 0.25) is 0 Å². The summed E-state index contributed by atoms with van der Waals surface area (Å²) in [4.78, 5) is 13.6. The molecule has 114 valence electrons.